The molecule has 3 aromatic carbocycles. The molecule has 28 heavy (non-hydrogen) atoms. The van der Waals surface area contributed by atoms with E-state index in [1.54, 1.807) is 0 Å². The first-order chi connectivity index (χ1) is 13.7. The number of benzene rings is 3. The molecule has 0 radical (unpaired) electrons. The molecular formula is C24H20N2O2. The topological polar surface area (TPSA) is 27.2 Å². The zero-order valence-electron chi connectivity index (χ0n) is 15.9. The van der Waals surface area contributed by atoms with Gasteiger partial charge in [0, 0.05) is 0 Å². The van der Waals surface area contributed by atoms with E-state index in [2.05, 4.69) is 9.69 Å². The van der Waals surface area contributed by atoms with E-state index in [1.807, 2.05) is 74.5 Å². The first-order valence-electron chi connectivity index (χ1n) is 8.91. The van der Waals surface area contributed by atoms with Gasteiger partial charge in [0.25, 0.3) is 0 Å². The Morgan fingerprint density at radius 2 is 1.00 bits per heavy atom. The summed E-state index contributed by atoms with van der Waals surface area (Å²) in [5.74, 6) is 1.51. The molecule has 0 heterocycles. The summed E-state index contributed by atoms with van der Waals surface area (Å²) < 4.78 is 11.9. The average Bonchev–Trinajstić information content (AvgIpc) is 2.74. The van der Waals surface area contributed by atoms with Crippen LogP contribution in [0, 0.1) is 27.0 Å². The van der Waals surface area contributed by atoms with Crippen LogP contribution >= 0.6 is 0 Å². The summed E-state index contributed by atoms with van der Waals surface area (Å²) in [6, 6.07) is 19.1. The van der Waals surface area contributed by atoms with Crippen LogP contribution in [-0.2, 0) is 13.2 Å². The highest BCUT2D eigenvalue weighted by atomic mass is 16.5. The maximum atomic E-state index is 7.53. The van der Waals surface area contributed by atoms with Crippen molar-refractivity contribution in [1.29, 1.82) is 0 Å². The highest BCUT2D eigenvalue weighted by Crippen LogP contribution is 2.41. The van der Waals surface area contributed by atoms with Crippen molar-refractivity contribution in [2.45, 2.75) is 27.1 Å². The molecule has 0 unspecified atom stereocenters. The summed E-state index contributed by atoms with van der Waals surface area (Å²) in [5, 5.41) is 0. The van der Waals surface area contributed by atoms with Crippen LogP contribution in [0.3, 0.4) is 0 Å². The summed E-state index contributed by atoms with van der Waals surface area (Å²) in [6.45, 7) is 19.4. The van der Waals surface area contributed by atoms with E-state index in [1.165, 1.54) is 0 Å². The maximum absolute atomic E-state index is 7.53. The Hall–Kier alpha value is -3.76. The molecule has 0 aliphatic heterocycles. The van der Waals surface area contributed by atoms with Crippen molar-refractivity contribution in [1.82, 2.24) is 0 Å². The van der Waals surface area contributed by atoms with Crippen molar-refractivity contribution in [2.24, 2.45) is 0 Å². The fourth-order valence-electron chi connectivity index (χ4n) is 3.10. The quantitative estimate of drug-likeness (QED) is 0.461. The predicted molar refractivity (Wildman–Crippen MR) is 110 cm³/mol. The van der Waals surface area contributed by atoms with E-state index in [9.17, 15) is 0 Å². The van der Waals surface area contributed by atoms with Crippen molar-refractivity contribution in [3.63, 3.8) is 0 Å². The van der Waals surface area contributed by atoms with E-state index < -0.39 is 0 Å². The van der Waals surface area contributed by atoms with Crippen LogP contribution in [0.2, 0.25) is 0 Å². The van der Waals surface area contributed by atoms with Gasteiger partial charge < -0.3 is 9.47 Å². The van der Waals surface area contributed by atoms with E-state index in [0.717, 1.165) is 33.8 Å². The Morgan fingerprint density at radius 1 is 0.643 bits per heavy atom. The standard InChI is InChI=1S/C24H20N2O2/c1-17-21(15-27-19-11-7-5-8-12-19)22(16-28-20-13-9-6-10-14-20)18(2)24(26-4)23(17)25-3/h5-14H,15-16H2,1-2H3. The molecule has 0 aliphatic rings. The monoisotopic (exact) mass is 368 g/mol. The first kappa shape index (κ1) is 19.0. The Balaban J connectivity index is 2.00. The Kier molecular flexibility index (Phi) is 5.94. The van der Waals surface area contributed by atoms with Crippen LogP contribution < -0.4 is 9.47 Å². The molecule has 0 amide bonds. The molecule has 138 valence electrons. The minimum absolute atomic E-state index is 0.310. The van der Waals surface area contributed by atoms with Crippen LogP contribution in [0.4, 0.5) is 11.4 Å². The Labute approximate surface area is 165 Å². The highest BCUT2D eigenvalue weighted by Gasteiger charge is 2.20. The lowest BCUT2D eigenvalue weighted by atomic mass is 9.94. The van der Waals surface area contributed by atoms with Gasteiger partial charge in [-0.05, 0) is 46.5 Å². The molecule has 4 heteroatoms. The van der Waals surface area contributed by atoms with Crippen molar-refractivity contribution < 1.29 is 9.47 Å². The second-order valence-electron chi connectivity index (χ2n) is 6.33. The fraction of sp³-hybridized carbons (Fsp3) is 0.167. The summed E-state index contributed by atoms with van der Waals surface area (Å²) in [4.78, 5) is 7.23. The second kappa shape index (κ2) is 8.75. The molecular weight excluding hydrogens is 348 g/mol. The zero-order chi connectivity index (χ0) is 19.9. The zero-order valence-corrected chi connectivity index (χ0v) is 15.9. The average molecular weight is 368 g/mol. The van der Waals surface area contributed by atoms with Gasteiger partial charge in [-0.2, -0.15) is 0 Å². The number of ether oxygens (including phenoxy) is 2. The molecule has 0 N–H and O–H groups in total. The number of hydrogen-bond donors (Lipinski definition) is 0. The Bertz CT molecular complexity index is 960. The molecule has 0 fully saturated rings. The molecule has 0 saturated carbocycles. The van der Waals surface area contributed by atoms with E-state index in [4.69, 9.17) is 22.6 Å². The third kappa shape index (κ3) is 3.98. The lowest BCUT2D eigenvalue weighted by molar-refractivity contribution is 0.284. The van der Waals surface area contributed by atoms with Gasteiger partial charge in [-0.25, -0.2) is 9.69 Å². The van der Waals surface area contributed by atoms with Crippen LogP contribution in [0.15, 0.2) is 60.7 Å². The van der Waals surface area contributed by atoms with Crippen molar-refractivity contribution in [3.8, 4) is 11.5 Å². The van der Waals surface area contributed by atoms with Crippen molar-refractivity contribution in [3.05, 3.63) is 106 Å². The minimum Gasteiger partial charge on any atom is -0.489 e. The molecule has 4 nitrogen and oxygen atoms in total. The van der Waals surface area contributed by atoms with Gasteiger partial charge in [-0.15, -0.1) is 0 Å². The van der Waals surface area contributed by atoms with E-state index in [-0.39, 0.29) is 0 Å². The van der Waals surface area contributed by atoms with Crippen molar-refractivity contribution >= 4 is 11.4 Å². The first-order valence-corrected chi connectivity index (χ1v) is 8.91. The van der Waals surface area contributed by atoms with Gasteiger partial charge in [-0.3, -0.25) is 0 Å². The molecule has 3 rings (SSSR count). The number of rotatable bonds is 6. The van der Waals surface area contributed by atoms with Crippen molar-refractivity contribution in [2.75, 3.05) is 0 Å². The van der Waals surface area contributed by atoms with Gasteiger partial charge in [0.1, 0.15) is 24.7 Å². The Morgan fingerprint density at radius 3 is 1.32 bits per heavy atom. The lowest BCUT2D eigenvalue weighted by Crippen LogP contribution is -2.08. The van der Waals surface area contributed by atoms with Crippen LogP contribution in [0.1, 0.15) is 22.3 Å². The van der Waals surface area contributed by atoms with Gasteiger partial charge in [0.05, 0.1) is 13.1 Å². The van der Waals surface area contributed by atoms with Gasteiger partial charge in [-0.1, -0.05) is 50.2 Å². The van der Waals surface area contributed by atoms with Gasteiger partial charge >= 0.3 is 0 Å². The smallest absolute Gasteiger partial charge is 0.198 e. The normalized spacial score (nSPS) is 10.0. The fourth-order valence-corrected chi connectivity index (χ4v) is 3.10. The molecule has 0 saturated heterocycles. The number of para-hydroxylation sites is 2. The number of hydrogen-bond acceptors (Lipinski definition) is 2. The molecule has 0 aromatic heterocycles. The van der Waals surface area contributed by atoms with Gasteiger partial charge in [0.2, 0.25) is 0 Å². The van der Waals surface area contributed by atoms with Gasteiger partial charge in [0.15, 0.2) is 11.4 Å². The molecule has 3 aromatic rings. The second-order valence-corrected chi connectivity index (χ2v) is 6.33. The largest absolute Gasteiger partial charge is 0.489 e. The SMILES string of the molecule is [C-]#[N+]c1c(C)c(COc2ccccc2)c(COc2ccccc2)c(C)c1[N+]#[C-]. The predicted octanol–water partition coefficient (Wildman–Crippen LogP) is 6.56. The summed E-state index contributed by atoms with van der Waals surface area (Å²) in [5.41, 5.74) is 4.12. The lowest BCUT2D eigenvalue weighted by Gasteiger charge is -2.20. The third-order valence-corrected chi connectivity index (χ3v) is 4.68. The highest BCUT2D eigenvalue weighted by molar-refractivity contribution is 5.80. The third-order valence-electron chi connectivity index (χ3n) is 4.68. The summed E-state index contributed by atoms with van der Waals surface area (Å²) in [6.07, 6.45) is 0. The van der Waals surface area contributed by atoms with Crippen LogP contribution in [0.5, 0.6) is 11.5 Å². The number of nitrogens with zero attached hydrogens (tertiary/aromatic N) is 2. The molecule has 0 aliphatic carbocycles. The molecule has 0 bridgehead atoms. The molecule has 0 atom stereocenters. The van der Waals surface area contributed by atoms with Crippen LogP contribution in [0.25, 0.3) is 9.69 Å². The summed E-state index contributed by atoms with van der Waals surface area (Å²) in [7, 11) is 0. The van der Waals surface area contributed by atoms with E-state index in [0.29, 0.717) is 24.6 Å². The minimum atomic E-state index is 0.310. The maximum Gasteiger partial charge on any atom is 0.198 e. The van der Waals surface area contributed by atoms with Crippen LogP contribution in [-0.4, -0.2) is 0 Å². The van der Waals surface area contributed by atoms with E-state index >= 15 is 0 Å². The summed E-state index contributed by atoms with van der Waals surface area (Å²) >= 11 is 0. The molecule has 0 spiro atoms.